The van der Waals surface area contributed by atoms with Crippen molar-refractivity contribution in [3.05, 3.63) is 116 Å². The largest absolute Gasteiger partial charge is 0.464 e. The van der Waals surface area contributed by atoms with Crippen molar-refractivity contribution in [3.63, 3.8) is 0 Å². The molecule has 1 aromatic heterocycles. The quantitative estimate of drug-likeness (QED) is 0.360. The predicted octanol–water partition coefficient (Wildman–Crippen LogP) is 6.25. The summed E-state index contributed by atoms with van der Waals surface area (Å²) in [6.07, 6.45) is 1.43. The number of fused-ring (bicyclic) bond motifs is 1. The van der Waals surface area contributed by atoms with E-state index in [-0.39, 0.29) is 22.9 Å². The van der Waals surface area contributed by atoms with E-state index in [4.69, 9.17) is 27.6 Å². The minimum Gasteiger partial charge on any atom is -0.464 e. The molecular formula is C25H19Cl2NO3. The summed E-state index contributed by atoms with van der Waals surface area (Å²) in [4.78, 5) is 28.1. The lowest BCUT2D eigenvalue weighted by Crippen LogP contribution is -2.32. The Bertz CT molecular complexity index is 1320. The summed E-state index contributed by atoms with van der Waals surface area (Å²) in [5.74, 6) is -0.297. The van der Waals surface area contributed by atoms with Gasteiger partial charge in [-0.25, -0.2) is 0 Å². The van der Waals surface area contributed by atoms with Gasteiger partial charge in [0, 0.05) is 11.6 Å². The number of carbonyl (C=O) groups is 1. The van der Waals surface area contributed by atoms with Crippen LogP contribution in [0.2, 0.25) is 10.0 Å². The summed E-state index contributed by atoms with van der Waals surface area (Å²) in [5, 5.41) is 1.20. The maximum atomic E-state index is 13.4. The topological polar surface area (TPSA) is 50.5 Å². The molecule has 1 amide bonds. The number of aryl methyl sites for hydroxylation is 1. The van der Waals surface area contributed by atoms with Crippen molar-refractivity contribution in [3.8, 4) is 0 Å². The SMILES string of the molecule is Cc1ccc2occ(CN(Cc3ccccc3)C(=O)c3ccc(Cl)cc3Cl)c(=O)c2c1. The molecule has 3 aromatic carbocycles. The minimum absolute atomic E-state index is 0.0822. The van der Waals surface area contributed by atoms with Crippen molar-refractivity contribution in [2.45, 2.75) is 20.0 Å². The Hall–Kier alpha value is -3.08. The Balaban J connectivity index is 1.74. The number of hydrogen-bond donors (Lipinski definition) is 0. The van der Waals surface area contributed by atoms with Crippen LogP contribution in [0.3, 0.4) is 0 Å². The third-order valence-corrected chi connectivity index (χ3v) is 5.57. The van der Waals surface area contributed by atoms with Crippen molar-refractivity contribution in [2.75, 3.05) is 0 Å². The number of amides is 1. The van der Waals surface area contributed by atoms with Crippen LogP contribution in [0.1, 0.15) is 27.0 Å². The van der Waals surface area contributed by atoms with Gasteiger partial charge >= 0.3 is 0 Å². The molecule has 0 radical (unpaired) electrons. The van der Waals surface area contributed by atoms with Crippen molar-refractivity contribution < 1.29 is 9.21 Å². The van der Waals surface area contributed by atoms with Gasteiger partial charge in [0.2, 0.25) is 0 Å². The van der Waals surface area contributed by atoms with Gasteiger partial charge in [-0.2, -0.15) is 0 Å². The number of benzene rings is 3. The van der Waals surface area contributed by atoms with Crippen LogP contribution in [0.25, 0.3) is 11.0 Å². The Labute approximate surface area is 189 Å². The lowest BCUT2D eigenvalue weighted by molar-refractivity contribution is 0.0729. The highest BCUT2D eigenvalue weighted by Gasteiger charge is 2.21. The molecule has 0 aliphatic heterocycles. The zero-order valence-corrected chi connectivity index (χ0v) is 18.3. The Morgan fingerprint density at radius 3 is 2.48 bits per heavy atom. The second kappa shape index (κ2) is 8.96. The van der Waals surface area contributed by atoms with Crippen LogP contribution >= 0.6 is 23.2 Å². The fourth-order valence-electron chi connectivity index (χ4n) is 3.44. The highest BCUT2D eigenvalue weighted by molar-refractivity contribution is 6.36. The molecule has 0 aliphatic carbocycles. The molecule has 0 unspecified atom stereocenters. The van der Waals surface area contributed by atoms with E-state index in [1.807, 2.05) is 43.3 Å². The van der Waals surface area contributed by atoms with Crippen molar-refractivity contribution in [2.24, 2.45) is 0 Å². The first-order chi connectivity index (χ1) is 14.9. The number of halogens is 2. The summed E-state index contributed by atoms with van der Waals surface area (Å²) in [5.41, 5.74) is 2.97. The van der Waals surface area contributed by atoms with Gasteiger partial charge in [0.05, 0.1) is 34.3 Å². The lowest BCUT2D eigenvalue weighted by Gasteiger charge is -2.23. The number of hydrogen-bond acceptors (Lipinski definition) is 3. The van der Waals surface area contributed by atoms with E-state index in [9.17, 15) is 9.59 Å². The van der Waals surface area contributed by atoms with Crippen LogP contribution in [-0.4, -0.2) is 10.8 Å². The molecule has 0 spiro atoms. The summed E-state index contributed by atoms with van der Waals surface area (Å²) in [7, 11) is 0. The molecule has 156 valence electrons. The van der Waals surface area contributed by atoms with Crippen LogP contribution in [0.15, 0.2) is 82.2 Å². The zero-order chi connectivity index (χ0) is 22.0. The van der Waals surface area contributed by atoms with Crippen LogP contribution in [0.4, 0.5) is 0 Å². The standard InChI is InChI=1S/C25H19Cl2NO3/c1-16-7-10-23-21(11-16)24(29)18(15-31-23)14-28(13-17-5-3-2-4-6-17)25(30)20-9-8-19(26)12-22(20)27/h2-12,15H,13-14H2,1H3. The molecule has 4 rings (SSSR count). The molecule has 0 N–H and O–H groups in total. The average Bonchev–Trinajstić information content (AvgIpc) is 2.76. The average molecular weight is 452 g/mol. The van der Waals surface area contributed by atoms with Gasteiger partial charge in [-0.1, -0.05) is 65.2 Å². The van der Waals surface area contributed by atoms with Gasteiger partial charge in [-0.3, -0.25) is 9.59 Å². The molecule has 0 fully saturated rings. The van der Waals surface area contributed by atoms with Gasteiger partial charge in [-0.15, -0.1) is 0 Å². The van der Waals surface area contributed by atoms with Gasteiger partial charge in [0.15, 0.2) is 5.43 Å². The summed E-state index contributed by atoms with van der Waals surface area (Å²) >= 11 is 12.3. The van der Waals surface area contributed by atoms with Crippen molar-refractivity contribution in [1.82, 2.24) is 4.90 Å². The summed E-state index contributed by atoms with van der Waals surface area (Å²) < 4.78 is 5.67. The van der Waals surface area contributed by atoms with Gasteiger partial charge < -0.3 is 9.32 Å². The normalized spacial score (nSPS) is 10.9. The predicted molar refractivity (Wildman–Crippen MR) is 124 cm³/mol. The van der Waals surface area contributed by atoms with E-state index in [2.05, 4.69) is 0 Å². The van der Waals surface area contributed by atoms with E-state index in [0.29, 0.717) is 33.7 Å². The van der Waals surface area contributed by atoms with Crippen LogP contribution < -0.4 is 5.43 Å². The molecular weight excluding hydrogens is 433 g/mol. The highest BCUT2D eigenvalue weighted by atomic mass is 35.5. The maximum absolute atomic E-state index is 13.4. The monoisotopic (exact) mass is 451 g/mol. The number of nitrogens with zero attached hydrogens (tertiary/aromatic N) is 1. The molecule has 0 saturated heterocycles. The minimum atomic E-state index is -0.297. The van der Waals surface area contributed by atoms with Crippen molar-refractivity contribution >= 4 is 40.1 Å². The molecule has 4 aromatic rings. The maximum Gasteiger partial charge on any atom is 0.255 e. The molecule has 1 heterocycles. The van der Waals surface area contributed by atoms with Gasteiger partial charge in [0.1, 0.15) is 5.58 Å². The van der Waals surface area contributed by atoms with Gasteiger partial charge in [-0.05, 0) is 42.8 Å². The van der Waals surface area contributed by atoms with E-state index in [1.54, 1.807) is 29.2 Å². The first kappa shape index (κ1) is 21.2. The van der Waals surface area contributed by atoms with E-state index in [1.165, 1.54) is 12.3 Å². The second-order valence-electron chi connectivity index (χ2n) is 7.36. The smallest absolute Gasteiger partial charge is 0.255 e. The summed E-state index contributed by atoms with van der Waals surface area (Å²) in [6.45, 7) is 2.31. The molecule has 0 bridgehead atoms. The Kier molecular flexibility index (Phi) is 6.12. The lowest BCUT2D eigenvalue weighted by atomic mass is 10.1. The first-order valence-electron chi connectivity index (χ1n) is 9.71. The van der Waals surface area contributed by atoms with Crippen LogP contribution in [0, 0.1) is 6.92 Å². The highest BCUT2D eigenvalue weighted by Crippen LogP contribution is 2.24. The molecule has 31 heavy (non-hydrogen) atoms. The molecule has 6 heteroatoms. The summed E-state index contributed by atoms with van der Waals surface area (Å²) in [6, 6.07) is 19.8. The fourth-order valence-corrected chi connectivity index (χ4v) is 3.93. The van der Waals surface area contributed by atoms with E-state index < -0.39 is 0 Å². The molecule has 0 aliphatic rings. The van der Waals surface area contributed by atoms with E-state index >= 15 is 0 Å². The third-order valence-electron chi connectivity index (χ3n) is 5.03. The second-order valence-corrected chi connectivity index (χ2v) is 8.20. The fraction of sp³-hybridized carbons (Fsp3) is 0.120. The molecule has 4 nitrogen and oxygen atoms in total. The third kappa shape index (κ3) is 4.66. The Morgan fingerprint density at radius 1 is 0.968 bits per heavy atom. The Morgan fingerprint density at radius 2 is 1.74 bits per heavy atom. The number of carbonyl (C=O) groups excluding carboxylic acids is 1. The van der Waals surface area contributed by atoms with Crippen LogP contribution in [0.5, 0.6) is 0 Å². The molecule has 0 saturated carbocycles. The molecule has 0 atom stereocenters. The number of rotatable bonds is 5. The van der Waals surface area contributed by atoms with E-state index in [0.717, 1.165) is 11.1 Å². The first-order valence-corrected chi connectivity index (χ1v) is 10.5. The van der Waals surface area contributed by atoms with Gasteiger partial charge in [0.25, 0.3) is 5.91 Å². The van der Waals surface area contributed by atoms with Crippen molar-refractivity contribution in [1.29, 1.82) is 0 Å². The van der Waals surface area contributed by atoms with Crippen LogP contribution in [-0.2, 0) is 13.1 Å². The zero-order valence-electron chi connectivity index (χ0n) is 16.8.